The minimum atomic E-state index is 0.0444. The number of rotatable bonds is 3. The van der Waals surface area contributed by atoms with Crippen LogP contribution in [0, 0.1) is 0 Å². The molecule has 0 bridgehead atoms. The van der Waals surface area contributed by atoms with Gasteiger partial charge in [-0.05, 0) is 25.7 Å². The summed E-state index contributed by atoms with van der Waals surface area (Å²) in [6.45, 7) is 2.21. The van der Waals surface area contributed by atoms with E-state index in [2.05, 4.69) is 21.3 Å². The predicted octanol–water partition coefficient (Wildman–Crippen LogP) is 2.55. The minimum absolute atomic E-state index is 0.0444. The lowest BCUT2D eigenvalue weighted by atomic mass is 10.1. The third-order valence-corrected chi connectivity index (χ3v) is 4.69. The van der Waals surface area contributed by atoms with Crippen LogP contribution in [0.2, 0.25) is 0 Å². The zero-order valence-corrected chi connectivity index (χ0v) is 12.7. The van der Waals surface area contributed by atoms with Crippen molar-refractivity contribution >= 4 is 11.6 Å². The highest BCUT2D eigenvalue weighted by Gasteiger charge is 2.21. The largest absolute Gasteiger partial charge is 0.371 e. The molecule has 4 heteroatoms. The molecule has 1 aliphatic carbocycles. The highest BCUT2D eigenvalue weighted by molar-refractivity contribution is 5.91. The Morgan fingerprint density at radius 1 is 1.10 bits per heavy atom. The number of aromatic nitrogens is 1. The Kier molecular flexibility index (Phi) is 4.73. The van der Waals surface area contributed by atoms with Gasteiger partial charge in [-0.1, -0.05) is 25.7 Å². The standard InChI is InChI=1S/C17H25N3O/c21-17(19-14-7-3-1-2-4-8-14)16-13-15(9-10-18-16)20-11-5-6-12-20/h9-10,13-14H,1-8,11-12H2,(H,19,21)/p+1. The Hall–Kier alpha value is -1.58. The van der Waals surface area contributed by atoms with Gasteiger partial charge in [0.2, 0.25) is 0 Å². The van der Waals surface area contributed by atoms with Gasteiger partial charge >= 0.3 is 5.91 Å². The van der Waals surface area contributed by atoms with Crippen molar-refractivity contribution in [1.29, 1.82) is 0 Å². The molecule has 1 aromatic heterocycles. The van der Waals surface area contributed by atoms with Crippen LogP contribution in [0.5, 0.6) is 0 Å². The van der Waals surface area contributed by atoms with Crippen LogP contribution < -0.4 is 15.2 Å². The number of carbonyl (C=O) groups excluding carboxylic acids is 1. The topological polar surface area (TPSA) is 46.5 Å². The van der Waals surface area contributed by atoms with Crippen LogP contribution in [-0.4, -0.2) is 25.0 Å². The van der Waals surface area contributed by atoms with Gasteiger partial charge in [-0.3, -0.25) is 4.79 Å². The number of amides is 1. The SMILES string of the molecule is O=C(NC1CCCCCC1)c1cc(N2CCCC2)cc[nH+]1. The summed E-state index contributed by atoms with van der Waals surface area (Å²) in [5.41, 5.74) is 1.85. The van der Waals surface area contributed by atoms with Crippen LogP contribution >= 0.6 is 0 Å². The molecular weight excluding hydrogens is 262 g/mol. The lowest BCUT2D eigenvalue weighted by molar-refractivity contribution is -0.382. The second kappa shape index (κ2) is 6.92. The van der Waals surface area contributed by atoms with Gasteiger partial charge in [0, 0.05) is 37.0 Å². The summed E-state index contributed by atoms with van der Waals surface area (Å²) in [4.78, 5) is 17.9. The second-order valence-corrected chi connectivity index (χ2v) is 6.32. The molecule has 2 N–H and O–H groups in total. The molecule has 0 aromatic carbocycles. The van der Waals surface area contributed by atoms with E-state index in [9.17, 15) is 4.79 Å². The van der Waals surface area contributed by atoms with Crippen molar-refractivity contribution in [2.75, 3.05) is 18.0 Å². The molecule has 4 nitrogen and oxygen atoms in total. The number of nitrogens with zero attached hydrogens (tertiary/aromatic N) is 1. The summed E-state index contributed by atoms with van der Waals surface area (Å²) in [6, 6.07) is 4.41. The Balaban J connectivity index is 1.64. The van der Waals surface area contributed by atoms with Gasteiger partial charge in [-0.2, -0.15) is 0 Å². The Morgan fingerprint density at radius 2 is 1.81 bits per heavy atom. The Labute approximate surface area is 126 Å². The molecule has 1 saturated heterocycles. The van der Waals surface area contributed by atoms with E-state index in [0.29, 0.717) is 11.7 Å². The molecule has 0 radical (unpaired) electrons. The number of nitrogens with one attached hydrogen (secondary N) is 2. The molecule has 0 unspecified atom stereocenters. The quantitative estimate of drug-likeness (QED) is 0.869. The maximum absolute atomic E-state index is 12.4. The number of carbonyl (C=O) groups is 1. The Bertz CT molecular complexity index is 475. The van der Waals surface area contributed by atoms with Crippen LogP contribution in [0.1, 0.15) is 61.9 Å². The summed E-state index contributed by atoms with van der Waals surface area (Å²) in [5, 5.41) is 3.20. The fourth-order valence-electron chi connectivity index (χ4n) is 3.44. The average Bonchev–Trinajstić information content (AvgIpc) is 2.93. The van der Waals surface area contributed by atoms with E-state index in [1.54, 1.807) is 0 Å². The van der Waals surface area contributed by atoms with Crippen molar-refractivity contribution < 1.29 is 9.78 Å². The van der Waals surface area contributed by atoms with Crippen molar-refractivity contribution in [3.05, 3.63) is 24.0 Å². The van der Waals surface area contributed by atoms with Crippen molar-refractivity contribution in [3.8, 4) is 0 Å². The number of H-pyrrole nitrogens is 1. The van der Waals surface area contributed by atoms with E-state index in [-0.39, 0.29) is 5.91 Å². The molecule has 1 aliphatic heterocycles. The van der Waals surface area contributed by atoms with Crippen LogP contribution in [0.4, 0.5) is 5.69 Å². The first-order valence-electron chi connectivity index (χ1n) is 8.40. The van der Waals surface area contributed by atoms with Crippen LogP contribution in [0.25, 0.3) is 0 Å². The van der Waals surface area contributed by atoms with E-state index < -0.39 is 0 Å². The molecule has 2 aliphatic rings. The second-order valence-electron chi connectivity index (χ2n) is 6.32. The van der Waals surface area contributed by atoms with Crippen LogP contribution in [0.3, 0.4) is 0 Å². The molecule has 3 rings (SSSR count). The van der Waals surface area contributed by atoms with Gasteiger partial charge < -0.3 is 10.2 Å². The highest BCUT2D eigenvalue weighted by Crippen LogP contribution is 2.20. The summed E-state index contributed by atoms with van der Waals surface area (Å²) in [7, 11) is 0. The number of hydrogen-bond donors (Lipinski definition) is 1. The van der Waals surface area contributed by atoms with Gasteiger partial charge in [0.1, 0.15) is 0 Å². The van der Waals surface area contributed by atoms with E-state index in [0.717, 1.165) is 31.6 Å². The van der Waals surface area contributed by atoms with Gasteiger partial charge in [0.25, 0.3) is 5.69 Å². The maximum atomic E-state index is 12.4. The molecule has 0 spiro atoms. The molecule has 1 saturated carbocycles. The molecule has 2 fully saturated rings. The summed E-state index contributed by atoms with van der Waals surface area (Å²) in [5.74, 6) is 0.0444. The van der Waals surface area contributed by atoms with Crippen molar-refractivity contribution in [1.82, 2.24) is 5.32 Å². The minimum Gasteiger partial charge on any atom is -0.371 e. The molecule has 1 amide bonds. The third-order valence-electron chi connectivity index (χ3n) is 4.69. The van der Waals surface area contributed by atoms with Crippen molar-refractivity contribution in [2.24, 2.45) is 0 Å². The van der Waals surface area contributed by atoms with Gasteiger partial charge in [0.15, 0.2) is 6.20 Å². The van der Waals surface area contributed by atoms with Crippen molar-refractivity contribution in [2.45, 2.75) is 57.4 Å². The maximum Gasteiger partial charge on any atom is 0.316 e. The number of pyridine rings is 1. The monoisotopic (exact) mass is 288 g/mol. The zero-order valence-electron chi connectivity index (χ0n) is 12.7. The molecule has 0 atom stereocenters. The fourth-order valence-corrected chi connectivity index (χ4v) is 3.44. The van der Waals surface area contributed by atoms with E-state index in [1.807, 2.05) is 12.3 Å². The normalized spacial score (nSPS) is 20.3. The lowest BCUT2D eigenvalue weighted by Gasteiger charge is -2.17. The molecule has 21 heavy (non-hydrogen) atoms. The molecular formula is C17H26N3O+. The van der Waals surface area contributed by atoms with Crippen LogP contribution in [0.15, 0.2) is 18.3 Å². The van der Waals surface area contributed by atoms with E-state index >= 15 is 0 Å². The molecule has 1 aromatic rings. The van der Waals surface area contributed by atoms with Gasteiger partial charge in [0.05, 0.1) is 0 Å². The average molecular weight is 288 g/mol. The molecule has 2 heterocycles. The smallest absolute Gasteiger partial charge is 0.316 e. The number of anilines is 1. The molecule has 114 valence electrons. The van der Waals surface area contributed by atoms with E-state index in [1.165, 1.54) is 38.5 Å². The fraction of sp³-hybridized carbons (Fsp3) is 0.647. The Morgan fingerprint density at radius 3 is 2.52 bits per heavy atom. The summed E-state index contributed by atoms with van der Waals surface area (Å²) in [6.07, 6.45) is 11.7. The first kappa shape index (κ1) is 14.4. The first-order chi connectivity index (χ1) is 10.3. The van der Waals surface area contributed by atoms with Crippen molar-refractivity contribution in [3.63, 3.8) is 0 Å². The van der Waals surface area contributed by atoms with Gasteiger partial charge in [-0.15, -0.1) is 0 Å². The predicted molar refractivity (Wildman–Crippen MR) is 83.4 cm³/mol. The first-order valence-corrected chi connectivity index (χ1v) is 8.40. The number of aromatic amines is 1. The van der Waals surface area contributed by atoms with Gasteiger partial charge in [-0.25, -0.2) is 4.98 Å². The third kappa shape index (κ3) is 3.74. The van der Waals surface area contributed by atoms with Crippen LogP contribution in [-0.2, 0) is 0 Å². The highest BCUT2D eigenvalue weighted by atomic mass is 16.1. The summed E-state index contributed by atoms with van der Waals surface area (Å²) < 4.78 is 0. The van der Waals surface area contributed by atoms with E-state index in [4.69, 9.17) is 0 Å². The zero-order chi connectivity index (χ0) is 14.5. The summed E-state index contributed by atoms with van der Waals surface area (Å²) >= 11 is 0. The number of hydrogen-bond acceptors (Lipinski definition) is 2. The lowest BCUT2D eigenvalue weighted by Crippen LogP contribution is -2.37.